The van der Waals surface area contributed by atoms with Crippen LogP contribution < -0.4 is 10.1 Å². The standard InChI is InChI=1S/C20H20ClFN2O2/c1-26-18-5-2-13(10-16(18)22)12-24-8-6-20(7-9-24)15-11-14(21)3-4-17(15)23-19(20)25/h2-5,10-11H,6-9,12H2,1H3,(H,23,25). The van der Waals surface area contributed by atoms with Gasteiger partial charge >= 0.3 is 0 Å². The van der Waals surface area contributed by atoms with E-state index in [0.29, 0.717) is 11.6 Å². The third kappa shape index (κ3) is 2.85. The smallest absolute Gasteiger partial charge is 0.235 e. The minimum atomic E-state index is -0.498. The summed E-state index contributed by atoms with van der Waals surface area (Å²) in [5, 5.41) is 3.64. The first-order chi connectivity index (χ1) is 12.5. The molecular weight excluding hydrogens is 355 g/mol. The lowest BCUT2D eigenvalue weighted by molar-refractivity contribution is -0.122. The molecule has 2 aliphatic heterocycles. The highest BCUT2D eigenvalue weighted by molar-refractivity contribution is 6.31. The fraction of sp³-hybridized carbons (Fsp3) is 0.350. The van der Waals surface area contributed by atoms with E-state index in [9.17, 15) is 9.18 Å². The highest BCUT2D eigenvalue weighted by atomic mass is 35.5. The molecule has 6 heteroatoms. The van der Waals surface area contributed by atoms with Crippen LogP contribution in [0.4, 0.5) is 10.1 Å². The Hall–Kier alpha value is -2.11. The Morgan fingerprint density at radius 2 is 2.00 bits per heavy atom. The van der Waals surface area contributed by atoms with Crippen molar-refractivity contribution in [3.63, 3.8) is 0 Å². The number of carbonyl (C=O) groups is 1. The van der Waals surface area contributed by atoms with Crippen LogP contribution >= 0.6 is 11.6 Å². The van der Waals surface area contributed by atoms with E-state index in [4.69, 9.17) is 16.3 Å². The molecule has 0 aliphatic carbocycles. The van der Waals surface area contributed by atoms with Gasteiger partial charge in [0.15, 0.2) is 11.6 Å². The van der Waals surface area contributed by atoms with Gasteiger partial charge in [0, 0.05) is 17.3 Å². The Balaban J connectivity index is 1.49. The van der Waals surface area contributed by atoms with Crippen LogP contribution in [0, 0.1) is 5.82 Å². The second-order valence-corrected chi connectivity index (χ2v) is 7.41. The number of nitrogens with zero attached hydrogens (tertiary/aromatic N) is 1. The number of piperidine rings is 1. The van der Waals surface area contributed by atoms with Gasteiger partial charge in [-0.05, 0) is 67.4 Å². The van der Waals surface area contributed by atoms with E-state index in [1.165, 1.54) is 13.2 Å². The molecule has 0 bridgehead atoms. The van der Waals surface area contributed by atoms with E-state index in [-0.39, 0.29) is 17.5 Å². The van der Waals surface area contributed by atoms with E-state index in [1.807, 2.05) is 18.2 Å². The van der Waals surface area contributed by atoms with Crippen molar-refractivity contribution in [2.45, 2.75) is 24.8 Å². The van der Waals surface area contributed by atoms with Gasteiger partial charge in [0.2, 0.25) is 5.91 Å². The van der Waals surface area contributed by atoms with Crippen LogP contribution in [0.3, 0.4) is 0 Å². The maximum absolute atomic E-state index is 13.9. The second-order valence-electron chi connectivity index (χ2n) is 6.97. The molecular formula is C20H20ClFN2O2. The molecule has 2 aliphatic rings. The molecule has 136 valence electrons. The van der Waals surface area contributed by atoms with Crippen LogP contribution in [0.15, 0.2) is 36.4 Å². The van der Waals surface area contributed by atoms with Crippen LogP contribution in [-0.2, 0) is 16.8 Å². The number of benzene rings is 2. The summed E-state index contributed by atoms with van der Waals surface area (Å²) in [5.41, 5.74) is 2.27. The first-order valence-electron chi connectivity index (χ1n) is 8.68. The highest BCUT2D eigenvalue weighted by Gasteiger charge is 2.48. The summed E-state index contributed by atoms with van der Waals surface area (Å²) in [7, 11) is 1.46. The highest BCUT2D eigenvalue weighted by Crippen LogP contribution is 2.45. The van der Waals surface area contributed by atoms with Crippen LogP contribution in [0.5, 0.6) is 5.75 Å². The number of hydrogen-bond acceptors (Lipinski definition) is 3. The summed E-state index contributed by atoms with van der Waals surface area (Å²) in [4.78, 5) is 14.9. The fourth-order valence-electron chi connectivity index (χ4n) is 4.04. The van der Waals surface area contributed by atoms with E-state index in [0.717, 1.165) is 42.7 Å². The molecule has 1 amide bonds. The van der Waals surface area contributed by atoms with Gasteiger partial charge in [-0.3, -0.25) is 9.69 Å². The molecule has 4 rings (SSSR count). The molecule has 26 heavy (non-hydrogen) atoms. The van der Waals surface area contributed by atoms with Crippen molar-refractivity contribution >= 4 is 23.2 Å². The zero-order valence-corrected chi connectivity index (χ0v) is 15.3. The van der Waals surface area contributed by atoms with Gasteiger partial charge in [0.05, 0.1) is 12.5 Å². The van der Waals surface area contributed by atoms with E-state index in [2.05, 4.69) is 10.2 Å². The number of fused-ring (bicyclic) bond motifs is 2. The second kappa shape index (κ2) is 6.56. The van der Waals surface area contributed by atoms with Crippen molar-refractivity contribution in [1.82, 2.24) is 4.90 Å². The Kier molecular flexibility index (Phi) is 4.37. The number of likely N-dealkylation sites (tertiary alicyclic amines) is 1. The molecule has 0 unspecified atom stereocenters. The minimum absolute atomic E-state index is 0.0601. The van der Waals surface area contributed by atoms with Gasteiger partial charge in [0.25, 0.3) is 0 Å². The Morgan fingerprint density at radius 3 is 2.69 bits per heavy atom. The number of nitrogens with one attached hydrogen (secondary N) is 1. The Labute approximate surface area is 156 Å². The number of hydrogen-bond donors (Lipinski definition) is 1. The number of ether oxygens (including phenoxy) is 1. The topological polar surface area (TPSA) is 41.6 Å². The monoisotopic (exact) mass is 374 g/mol. The largest absolute Gasteiger partial charge is 0.494 e. The predicted molar refractivity (Wildman–Crippen MR) is 99.2 cm³/mol. The van der Waals surface area contributed by atoms with Crippen LogP contribution in [0.25, 0.3) is 0 Å². The molecule has 0 aromatic heterocycles. The summed E-state index contributed by atoms with van der Waals surface area (Å²) in [6.07, 6.45) is 1.45. The molecule has 2 heterocycles. The van der Waals surface area contributed by atoms with Crippen LogP contribution in [0.1, 0.15) is 24.0 Å². The summed E-state index contributed by atoms with van der Waals surface area (Å²) in [6, 6.07) is 10.6. The summed E-state index contributed by atoms with van der Waals surface area (Å²) >= 11 is 6.15. The number of carbonyl (C=O) groups excluding carboxylic acids is 1. The van der Waals surface area contributed by atoms with Gasteiger partial charge in [-0.25, -0.2) is 4.39 Å². The number of methoxy groups -OCH3 is 1. The Morgan fingerprint density at radius 1 is 1.23 bits per heavy atom. The third-order valence-electron chi connectivity index (χ3n) is 5.51. The maximum Gasteiger partial charge on any atom is 0.235 e. The first-order valence-corrected chi connectivity index (χ1v) is 9.06. The minimum Gasteiger partial charge on any atom is -0.494 e. The molecule has 2 aromatic rings. The van der Waals surface area contributed by atoms with Crippen molar-refractivity contribution in [1.29, 1.82) is 0 Å². The van der Waals surface area contributed by atoms with Crippen molar-refractivity contribution in [2.24, 2.45) is 0 Å². The van der Waals surface area contributed by atoms with Crippen molar-refractivity contribution in [3.8, 4) is 5.75 Å². The molecule has 0 atom stereocenters. The zero-order valence-electron chi connectivity index (χ0n) is 14.5. The number of rotatable bonds is 3. The van der Waals surface area contributed by atoms with Gasteiger partial charge in [-0.2, -0.15) is 0 Å². The lowest BCUT2D eigenvalue weighted by Crippen LogP contribution is -2.46. The van der Waals surface area contributed by atoms with E-state index >= 15 is 0 Å². The van der Waals surface area contributed by atoms with E-state index < -0.39 is 5.41 Å². The van der Waals surface area contributed by atoms with Crippen molar-refractivity contribution in [3.05, 3.63) is 58.4 Å². The van der Waals surface area contributed by atoms with Gasteiger partial charge in [-0.15, -0.1) is 0 Å². The average Bonchev–Trinajstić information content (AvgIpc) is 2.89. The van der Waals surface area contributed by atoms with Crippen LogP contribution in [-0.4, -0.2) is 31.0 Å². The molecule has 2 aromatic carbocycles. The number of amides is 1. The summed E-state index contributed by atoms with van der Waals surface area (Å²) < 4.78 is 18.9. The summed E-state index contributed by atoms with van der Waals surface area (Å²) in [6.45, 7) is 2.20. The molecule has 1 N–H and O–H groups in total. The average molecular weight is 375 g/mol. The molecule has 4 nitrogen and oxygen atoms in total. The van der Waals surface area contributed by atoms with Crippen molar-refractivity contribution < 1.29 is 13.9 Å². The lowest BCUT2D eigenvalue weighted by Gasteiger charge is -2.38. The molecule has 1 spiro atoms. The number of anilines is 1. The maximum atomic E-state index is 13.9. The van der Waals surface area contributed by atoms with Crippen molar-refractivity contribution in [2.75, 3.05) is 25.5 Å². The predicted octanol–water partition coefficient (Wildman–Crippen LogP) is 3.97. The van der Waals surface area contributed by atoms with Gasteiger partial charge < -0.3 is 10.1 Å². The third-order valence-corrected chi connectivity index (χ3v) is 5.75. The molecule has 1 saturated heterocycles. The molecule has 1 fully saturated rings. The molecule has 0 radical (unpaired) electrons. The number of halogens is 2. The van der Waals surface area contributed by atoms with Gasteiger partial charge in [-0.1, -0.05) is 17.7 Å². The molecule has 0 saturated carbocycles. The normalized spacial score (nSPS) is 18.7. The quantitative estimate of drug-likeness (QED) is 0.883. The van der Waals surface area contributed by atoms with Crippen LogP contribution in [0.2, 0.25) is 5.02 Å². The van der Waals surface area contributed by atoms with Gasteiger partial charge in [0.1, 0.15) is 0 Å². The fourth-order valence-corrected chi connectivity index (χ4v) is 4.21. The first kappa shape index (κ1) is 17.3. The lowest BCUT2D eigenvalue weighted by atomic mass is 9.73. The SMILES string of the molecule is COc1ccc(CN2CCC3(CC2)C(=O)Nc2ccc(Cl)cc23)cc1F. The van der Waals surface area contributed by atoms with E-state index in [1.54, 1.807) is 12.1 Å². The zero-order chi connectivity index (χ0) is 18.3. The Bertz CT molecular complexity index is 863. The summed E-state index contributed by atoms with van der Waals surface area (Å²) in [5.74, 6) is -0.0374.